The van der Waals surface area contributed by atoms with Gasteiger partial charge in [0, 0.05) is 67.7 Å². The van der Waals surface area contributed by atoms with Crippen LogP contribution < -0.4 is 11.1 Å². The number of nitrogens with two attached hydrogens (primary N) is 1. The third kappa shape index (κ3) is 5.04. The molecule has 0 aromatic heterocycles. The minimum Gasteiger partial charge on any atom is -0.469 e. The van der Waals surface area contributed by atoms with Gasteiger partial charge in [0.2, 0.25) is 0 Å². The average molecular weight is 768 g/mol. The fourth-order valence-corrected chi connectivity index (χ4v) is 16.5. The third-order valence-electron chi connectivity index (χ3n) is 18.4. The molecule has 18 atom stereocenters. The molecule has 8 fully saturated rings. The van der Waals surface area contributed by atoms with Gasteiger partial charge in [-0.1, -0.05) is 38.8 Å². The van der Waals surface area contributed by atoms with E-state index in [9.17, 15) is 20.1 Å². The molecule has 2 bridgehead atoms. The molecule has 5 saturated heterocycles. The number of nitrogens with one attached hydrogen (secondary N) is 1. The number of fused-ring (bicyclic) bond motifs is 6. The number of aliphatic hydroxyl groups excluding tert-OH is 1. The van der Waals surface area contributed by atoms with Gasteiger partial charge >= 0.3 is 5.97 Å². The molecule has 6 aliphatic heterocycles. The monoisotopic (exact) mass is 768 g/mol. The van der Waals surface area contributed by atoms with E-state index in [0.717, 1.165) is 51.9 Å². The molecule has 6 heterocycles. The van der Waals surface area contributed by atoms with Crippen LogP contribution in [-0.2, 0) is 19.1 Å². The zero-order valence-corrected chi connectivity index (χ0v) is 34.0. The van der Waals surface area contributed by atoms with Crippen LogP contribution in [0.1, 0.15) is 90.9 Å². The third-order valence-corrected chi connectivity index (χ3v) is 18.4. The van der Waals surface area contributed by atoms with Crippen molar-refractivity contribution in [3.05, 3.63) is 12.2 Å². The van der Waals surface area contributed by atoms with E-state index in [4.69, 9.17) is 15.2 Å². The van der Waals surface area contributed by atoms with Crippen molar-refractivity contribution in [2.24, 2.45) is 51.6 Å². The van der Waals surface area contributed by atoms with Gasteiger partial charge in [0.05, 0.1) is 30.3 Å². The molecule has 12 nitrogen and oxygen atoms in total. The van der Waals surface area contributed by atoms with Crippen LogP contribution in [0, 0.1) is 45.8 Å². The van der Waals surface area contributed by atoms with Crippen molar-refractivity contribution >= 4 is 11.9 Å². The number of esters is 1. The van der Waals surface area contributed by atoms with Crippen LogP contribution in [0.25, 0.3) is 0 Å². The molecule has 3 aliphatic carbocycles. The maximum atomic E-state index is 15.4. The van der Waals surface area contributed by atoms with E-state index in [1.54, 1.807) is 14.2 Å². The Labute approximate surface area is 327 Å². The van der Waals surface area contributed by atoms with E-state index < -0.39 is 45.5 Å². The molecule has 55 heavy (non-hydrogen) atoms. The molecule has 308 valence electrons. The van der Waals surface area contributed by atoms with E-state index in [0.29, 0.717) is 57.0 Å². The molecule has 3 saturated carbocycles. The highest BCUT2D eigenvalue weighted by atomic mass is 16.5. The summed E-state index contributed by atoms with van der Waals surface area (Å²) >= 11 is 0. The van der Waals surface area contributed by atoms with Gasteiger partial charge in [-0.15, -0.1) is 0 Å². The highest BCUT2D eigenvalue weighted by Crippen LogP contribution is 2.71. The number of carbonyl (C=O) groups excluding carboxylic acids is 2. The van der Waals surface area contributed by atoms with Crippen molar-refractivity contribution in [3.8, 4) is 0 Å². The van der Waals surface area contributed by atoms with Crippen LogP contribution >= 0.6 is 0 Å². The quantitative estimate of drug-likeness (QED) is 0.199. The highest BCUT2D eigenvalue weighted by molar-refractivity contribution is 5.86. The van der Waals surface area contributed by atoms with Crippen LogP contribution in [0.3, 0.4) is 0 Å². The van der Waals surface area contributed by atoms with E-state index in [1.165, 1.54) is 12.8 Å². The van der Waals surface area contributed by atoms with Crippen molar-refractivity contribution < 1.29 is 34.4 Å². The summed E-state index contributed by atoms with van der Waals surface area (Å²) in [6, 6.07) is -0.591. The molecule has 9 rings (SSSR count). The van der Waals surface area contributed by atoms with Crippen molar-refractivity contribution in [1.29, 1.82) is 0 Å². The van der Waals surface area contributed by atoms with E-state index >= 15 is 4.79 Å². The first-order valence-corrected chi connectivity index (χ1v) is 22.0. The lowest BCUT2D eigenvalue weighted by atomic mass is 9.44. The number of rotatable bonds is 6. The lowest BCUT2D eigenvalue weighted by Crippen LogP contribution is -2.80. The average Bonchev–Trinajstić information content (AvgIpc) is 3.84. The van der Waals surface area contributed by atoms with Crippen LogP contribution in [0.5, 0.6) is 0 Å². The van der Waals surface area contributed by atoms with Gasteiger partial charge < -0.3 is 40.7 Å². The Balaban J connectivity index is 1.22. The molecule has 9 aliphatic rings. The Bertz CT molecular complexity index is 1570. The van der Waals surface area contributed by atoms with Crippen LogP contribution in [0.2, 0.25) is 0 Å². The van der Waals surface area contributed by atoms with Crippen molar-refractivity contribution in [1.82, 2.24) is 20.0 Å². The van der Waals surface area contributed by atoms with Crippen molar-refractivity contribution in [2.75, 3.05) is 54.0 Å². The topological polar surface area (TPSA) is 161 Å². The van der Waals surface area contributed by atoms with Gasteiger partial charge in [0.15, 0.2) is 5.60 Å². The first kappa shape index (κ1) is 38.9. The SMILES string of the molecule is CC[C@]1(O)C[C@H]2CN(CCC3C4CCCCC4NC3[C@@](C(=O)OC)(C3CC4C(CC3OC)N(C)[C@H]3[C@@](O)(C(N)=O)[C@H](O)[C@]5(CC)C=CCN6CC[C@]43[C@@H]65)C2)C1. The van der Waals surface area contributed by atoms with Crippen molar-refractivity contribution in [2.45, 2.75) is 145 Å². The van der Waals surface area contributed by atoms with Gasteiger partial charge in [0.25, 0.3) is 5.91 Å². The van der Waals surface area contributed by atoms with Crippen LogP contribution in [-0.4, -0.2) is 150 Å². The maximum absolute atomic E-state index is 15.4. The number of likely N-dealkylation sites (N-methyl/N-ethyl adjacent to an activating group) is 1. The largest absolute Gasteiger partial charge is 0.469 e. The predicted molar refractivity (Wildman–Crippen MR) is 206 cm³/mol. The Morgan fingerprint density at radius 1 is 0.982 bits per heavy atom. The summed E-state index contributed by atoms with van der Waals surface area (Å²) < 4.78 is 12.7. The number of nitrogens with zero attached hydrogens (tertiary/aromatic N) is 3. The summed E-state index contributed by atoms with van der Waals surface area (Å²) in [4.78, 5) is 36.3. The standard InChI is InChI=1S/C43H69N5O7/c1-6-39(52)21-25-22-42(38(51)55-5,33-27(13-17-47(23-25)24-39)26-11-8-9-12-30(26)45-33)29-19-28-31(20-32(29)54-4)46(3)35-41(28)15-18-48-16-10-14-40(7-2,34(41)48)36(49)43(35,53)37(44)50/h10,14,25-36,45,49,52-53H,6-9,11-13,15-24H2,1-5H3,(H2,44,50)/t25-,26?,27?,28?,29?,30?,31?,32?,33?,34+,35-,36-,39+,40-,41-,42+,43+/m1/s1. The second-order valence-electron chi connectivity index (χ2n) is 20.1. The van der Waals surface area contributed by atoms with E-state index in [-0.39, 0.29) is 53.9 Å². The summed E-state index contributed by atoms with van der Waals surface area (Å²) in [5.74, 6) is -0.386. The number of piperidine rings is 1. The zero-order chi connectivity index (χ0) is 38.9. The number of carbonyl (C=O) groups is 2. The molecule has 12 heteroatoms. The number of ether oxygens (including phenoxy) is 2. The molecule has 0 aromatic rings. The van der Waals surface area contributed by atoms with Gasteiger partial charge in [-0.2, -0.15) is 0 Å². The molecular formula is C43H69N5O7. The Hall–Kier alpha value is -1.64. The first-order valence-electron chi connectivity index (χ1n) is 22.0. The summed E-state index contributed by atoms with van der Waals surface area (Å²) in [5.41, 5.74) is 0.911. The van der Waals surface area contributed by atoms with E-state index in [1.807, 2.05) is 7.05 Å². The first-order chi connectivity index (χ1) is 26.3. The number of aliphatic hydroxyl groups is 3. The molecule has 9 unspecified atom stereocenters. The number of amides is 1. The maximum Gasteiger partial charge on any atom is 0.313 e. The number of methoxy groups -OCH3 is 2. The number of hydrogen-bond donors (Lipinski definition) is 5. The smallest absolute Gasteiger partial charge is 0.313 e. The lowest BCUT2D eigenvalue weighted by molar-refractivity contribution is -0.230. The molecule has 0 radical (unpaired) electrons. The number of primary amides is 1. The Morgan fingerprint density at radius 2 is 1.76 bits per heavy atom. The normalized spacial score (nSPS) is 54.5. The molecule has 1 spiro atoms. The zero-order valence-electron chi connectivity index (χ0n) is 34.0. The van der Waals surface area contributed by atoms with Gasteiger partial charge in [-0.3, -0.25) is 19.4 Å². The summed E-state index contributed by atoms with van der Waals surface area (Å²) in [6.07, 6.45) is 12.8. The fourth-order valence-electron chi connectivity index (χ4n) is 16.5. The second-order valence-corrected chi connectivity index (χ2v) is 20.1. The molecule has 0 aromatic carbocycles. The Morgan fingerprint density at radius 3 is 2.47 bits per heavy atom. The number of likely N-dealkylation sites (tertiary alicyclic amines) is 1. The molecular weight excluding hydrogens is 699 g/mol. The van der Waals surface area contributed by atoms with Crippen molar-refractivity contribution in [3.63, 3.8) is 0 Å². The van der Waals surface area contributed by atoms with Crippen LogP contribution in [0.15, 0.2) is 12.2 Å². The van der Waals surface area contributed by atoms with Gasteiger partial charge in [-0.25, -0.2) is 0 Å². The van der Waals surface area contributed by atoms with Gasteiger partial charge in [-0.05, 0) is 108 Å². The second kappa shape index (κ2) is 13.4. The van der Waals surface area contributed by atoms with E-state index in [2.05, 4.69) is 46.0 Å². The molecule has 6 N–H and O–H groups in total. The lowest BCUT2D eigenvalue weighted by Gasteiger charge is -2.64. The summed E-state index contributed by atoms with van der Waals surface area (Å²) in [5, 5.41) is 41.4. The fraction of sp³-hybridized carbons (Fsp3) is 0.907. The predicted octanol–water partition coefficient (Wildman–Crippen LogP) is 1.89. The Kier molecular flexibility index (Phi) is 9.50. The highest BCUT2D eigenvalue weighted by Gasteiger charge is 2.81. The number of hydrogen-bond acceptors (Lipinski definition) is 11. The van der Waals surface area contributed by atoms with Crippen LogP contribution in [0.4, 0.5) is 0 Å². The molecule has 1 amide bonds. The minimum absolute atomic E-state index is 0.00332. The minimum atomic E-state index is -2.17. The summed E-state index contributed by atoms with van der Waals surface area (Å²) in [7, 11) is 5.36. The summed E-state index contributed by atoms with van der Waals surface area (Å²) in [6.45, 7) is 8.15. The van der Waals surface area contributed by atoms with Gasteiger partial charge in [0.1, 0.15) is 6.10 Å².